The molecule has 3 heterocycles. The van der Waals surface area contributed by atoms with Gasteiger partial charge in [-0.15, -0.1) is 0 Å². The molecule has 0 N–H and O–H groups in total. The fourth-order valence-corrected chi connectivity index (χ4v) is 9.52. The van der Waals surface area contributed by atoms with Crippen LogP contribution in [0.25, 0.3) is 38.8 Å². The van der Waals surface area contributed by atoms with Crippen LogP contribution in [0.2, 0.25) is 0 Å². The van der Waals surface area contributed by atoms with Crippen molar-refractivity contribution in [2.75, 3.05) is 0 Å². The van der Waals surface area contributed by atoms with Gasteiger partial charge in [-0.2, -0.15) is 0 Å². The number of fused-ring (bicyclic) bond motifs is 4. The highest BCUT2D eigenvalue weighted by atomic mass is 32.2. The molecule has 9 rings (SSSR count). The van der Waals surface area contributed by atoms with Crippen molar-refractivity contribution >= 4 is 62.3 Å². The van der Waals surface area contributed by atoms with Crippen LogP contribution in [0.1, 0.15) is 105 Å². The van der Waals surface area contributed by atoms with Gasteiger partial charge in [0.05, 0.1) is 16.6 Å². The molecule has 0 atom stereocenters. The van der Waals surface area contributed by atoms with Crippen LogP contribution in [0.15, 0.2) is 156 Å². The van der Waals surface area contributed by atoms with Crippen molar-refractivity contribution in [3.8, 4) is 16.9 Å². The summed E-state index contributed by atoms with van der Waals surface area (Å²) >= 11 is 1.79. The molecule has 4 nitrogen and oxygen atoms in total. The molecule has 0 spiro atoms. The van der Waals surface area contributed by atoms with Crippen molar-refractivity contribution < 1.29 is 0 Å². The summed E-state index contributed by atoms with van der Waals surface area (Å²) in [7, 11) is 0. The van der Waals surface area contributed by atoms with E-state index in [9.17, 15) is 0 Å². The van der Waals surface area contributed by atoms with Crippen molar-refractivity contribution in [2.24, 2.45) is 0 Å². The van der Waals surface area contributed by atoms with E-state index in [-0.39, 0.29) is 21.7 Å². The number of hydrogen-bond acceptors (Lipinski definition) is 2. The predicted octanol–water partition coefficient (Wildman–Crippen LogP) is 16.0. The summed E-state index contributed by atoms with van der Waals surface area (Å²) < 4.78 is 6.90. The third-order valence-corrected chi connectivity index (χ3v) is 13.4. The molecule has 0 amide bonds. The van der Waals surface area contributed by atoms with Gasteiger partial charge in [0.15, 0.2) is 0 Å². The average molecular weight is 845 g/mol. The van der Waals surface area contributed by atoms with E-state index in [4.69, 9.17) is 4.98 Å². The first-order chi connectivity index (χ1) is 29.7. The molecule has 0 radical (unpaired) electrons. The molecule has 0 fully saturated rings. The number of para-hydroxylation sites is 2. The third kappa shape index (κ3) is 8.10. The molecule has 8 aromatic rings. The fraction of sp³-hybridized carbons (Fsp3) is 0.276. The Labute approximate surface area is 378 Å². The van der Waals surface area contributed by atoms with E-state index >= 15 is 0 Å². The number of aromatic nitrogens is 2. The van der Waals surface area contributed by atoms with Crippen LogP contribution >= 0.6 is 11.8 Å². The highest BCUT2D eigenvalue weighted by Crippen LogP contribution is 2.46. The van der Waals surface area contributed by atoms with E-state index in [0.29, 0.717) is 0 Å². The van der Waals surface area contributed by atoms with E-state index in [1.54, 1.807) is 11.8 Å². The molecule has 316 valence electrons. The zero-order chi connectivity index (χ0) is 44.6. The zero-order valence-corrected chi connectivity index (χ0v) is 39.9. The van der Waals surface area contributed by atoms with Crippen LogP contribution in [0.4, 0.5) is 22.7 Å². The quantitative estimate of drug-likeness (QED) is 0.156. The number of benzene rings is 6. The molecule has 6 aromatic carbocycles. The Kier molecular flexibility index (Phi) is 10.3. The van der Waals surface area contributed by atoms with Gasteiger partial charge in [0.1, 0.15) is 5.82 Å². The van der Waals surface area contributed by atoms with Crippen molar-refractivity contribution in [3.63, 3.8) is 0 Å². The molecule has 0 aliphatic carbocycles. The Bertz CT molecular complexity index is 3130. The molecule has 1 aliphatic rings. The second kappa shape index (κ2) is 15.4. The largest absolute Gasteiger partial charge is 0.503 e. The van der Waals surface area contributed by atoms with Crippen LogP contribution in [-0.2, 0) is 21.7 Å². The topological polar surface area (TPSA) is 23.8 Å². The molecule has 5 heteroatoms. The number of rotatable bonds is 6. The SMILES string of the molecule is CC(C)(C)c1cccc(-c2cccc3c2[N+](c2cc(C(C)(C)C)cc(C(C)(C)C)c2)=C=[N+]3c2cccc(Sc3ccc4c5ccccc5n(-c5cc(C(C)(C)C)ccn5)c4c3)c2)c1. The summed E-state index contributed by atoms with van der Waals surface area (Å²) in [6, 6.07) is 55.7. The molecule has 2 aromatic heterocycles. The average Bonchev–Trinajstić information content (AvgIpc) is 3.79. The van der Waals surface area contributed by atoms with Gasteiger partial charge in [-0.25, -0.2) is 4.98 Å². The Balaban J connectivity index is 1.19. The smallest absolute Gasteiger partial charge is 0.294 e. The standard InChI is InChI=1S/C58H60N4S/c1-55(2,3)39-19-15-18-38(30-39)47-23-17-25-51-54(47)61(44-32-41(57(7,8)9)31-42(33-44)58(10,11)12)37-60(51)43-20-16-21-45(35-43)63-46-26-27-49-48-22-13-14-24-50(48)62(52(49)36-46)53-34-40(28-29-59-53)56(4,5)6/h13-36H,1-12H3/q+2. The van der Waals surface area contributed by atoms with Crippen LogP contribution in [0.5, 0.6) is 0 Å². The summed E-state index contributed by atoms with van der Waals surface area (Å²) in [6.45, 7) is 27.5. The van der Waals surface area contributed by atoms with Gasteiger partial charge in [-0.3, -0.25) is 4.57 Å². The van der Waals surface area contributed by atoms with Crippen molar-refractivity contribution in [1.82, 2.24) is 18.7 Å². The minimum atomic E-state index is -0.0330. The molecule has 0 saturated heterocycles. The zero-order valence-electron chi connectivity index (χ0n) is 39.1. The van der Waals surface area contributed by atoms with E-state index in [1.807, 2.05) is 6.20 Å². The van der Waals surface area contributed by atoms with Gasteiger partial charge in [0, 0.05) is 57.1 Å². The Morgan fingerprint density at radius 3 is 1.83 bits per heavy atom. The highest BCUT2D eigenvalue weighted by Gasteiger charge is 2.40. The van der Waals surface area contributed by atoms with E-state index < -0.39 is 0 Å². The van der Waals surface area contributed by atoms with Gasteiger partial charge in [-0.05, 0) is 101 Å². The van der Waals surface area contributed by atoms with E-state index in [0.717, 1.165) is 44.5 Å². The van der Waals surface area contributed by atoms with Gasteiger partial charge in [0.25, 0.3) is 5.69 Å². The second-order valence-corrected chi connectivity index (χ2v) is 22.5. The molecular weight excluding hydrogens is 785 g/mol. The summed E-state index contributed by atoms with van der Waals surface area (Å²) in [6.07, 6.45) is 1.95. The van der Waals surface area contributed by atoms with Crippen LogP contribution in [-0.4, -0.2) is 15.6 Å². The summed E-state index contributed by atoms with van der Waals surface area (Å²) in [5.74, 6) is 0.938. The van der Waals surface area contributed by atoms with Gasteiger partial charge >= 0.3 is 11.7 Å². The van der Waals surface area contributed by atoms with Crippen LogP contribution in [0.3, 0.4) is 0 Å². The lowest BCUT2D eigenvalue weighted by molar-refractivity contribution is 0.568. The first-order valence-electron chi connectivity index (χ1n) is 22.3. The minimum Gasteiger partial charge on any atom is -0.294 e. The number of nitrogens with zero attached hydrogens (tertiary/aromatic N) is 4. The lowest BCUT2D eigenvalue weighted by atomic mass is 9.80. The predicted molar refractivity (Wildman–Crippen MR) is 270 cm³/mol. The lowest BCUT2D eigenvalue weighted by Gasteiger charge is -2.24. The monoisotopic (exact) mass is 844 g/mol. The molecule has 1 aliphatic heterocycles. The van der Waals surface area contributed by atoms with E-state index in [2.05, 4.69) is 242 Å². The Morgan fingerprint density at radius 2 is 1.11 bits per heavy atom. The maximum Gasteiger partial charge on any atom is 0.503 e. The number of pyridine rings is 1. The van der Waals surface area contributed by atoms with Gasteiger partial charge < -0.3 is 0 Å². The first-order valence-corrected chi connectivity index (χ1v) is 23.1. The molecule has 63 heavy (non-hydrogen) atoms. The molecular formula is C58H60N4S+2. The van der Waals surface area contributed by atoms with Gasteiger partial charge in [-0.1, -0.05) is 162 Å². The first kappa shape index (κ1) is 42.3. The second-order valence-electron chi connectivity index (χ2n) is 21.3. The minimum absolute atomic E-state index is 0.00888. The molecule has 0 bridgehead atoms. The van der Waals surface area contributed by atoms with Crippen molar-refractivity contribution in [3.05, 3.63) is 168 Å². The molecule has 0 saturated carbocycles. The van der Waals surface area contributed by atoms with Gasteiger partial charge in [0.2, 0.25) is 11.4 Å². The Morgan fingerprint density at radius 1 is 0.476 bits per heavy atom. The normalized spacial score (nSPS) is 13.4. The summed E-state index contributed by atoms with van der Waals surface area (Å²) in [4.78, 5) is 7.25. The van der Waals surface area contributed by atoms with Crippen molar-refractivity contribution in [2.45, 2.75) is 115 Å². The maximum atomic E-state index is 4.92. The lowest BCUT2D eigenvalue weighted by Crippen LogP contribution is -2.17. The van der Waals surface area contributed by atoms with Crippen LogP contribution in [0, 0.1) is 0 Å². The van der Waals surface area contributed by atoms with Crippen molar-refractivity contribution in [1.29, 1.82) is 0 Å². The van der Waals surface area contributed by atoms with Crippen LogP contribution < -0.4 is 9.15 Å². The molecule has 0 unspecified atom stereocenters. The number of hydrogen-bond donors (Lipinski definition) is 0. The fourth-order valence-electron chi connectivity index (χ4n) is 8.62. The third-order valence-electron chi connectivity index (χ3n) is 12.4. The highest BCUT2D eigenvalue weighted by molar-refractivity contribution is 7.99. The summed E-state index contributed by atoms with van der Waals surface area (Å²) in [5, 5.41) is 2.45. The Hall–Kier alpha value is -6.00. The maximum absolute atomic E-state index is 4.92. The van der Waals surface area contributed by atoms with E-state index in [1.165, 1.54) is 49.0 Å². The summed E-state index contributed by atoms with van der Waals surface area (Å²) in [5.41, 5.74) is 14.3.